The molecule has 3 heteroatoms. The molecule has 1 aromatic rings. The zero-order valence-corrected chi connectivity index (χ0v) is 17.4. The molecule has 0 amide bonds. The number of carbonyl (C=O) groups excluding carboxylic acids is 1. The third-order valence-electron chi connectivity index (χ3n) is 4.53. The van der Waals surface area contributed by atoms with Crippen molar-refractivity contribution in [1.82, 2.24) is 0 Å². The Bertz CT molecular complexity index is 433. The normalized spacial score (nSPS) is 12.2. The molecule has 1 unspecified atom stereocenters. The fraction of sp³-hybridized carbons (Fsp3) is 0.682. The molecule has 0 aliphatic heterocycles. The van der Waals surface area contributed by atoms with Crippen molar-refractivity contribution in [3.63, 3.8) is 0 Å². The van der Waals surface area contributed by atoms with Gasteiger partial charge in [0.2, 0.25) is 5.78 Å². The molecule has 1 aromatic carbocycles. The van der Waals surface area contributed by atoms with Crippen LogP contribution in [0.25, 0.3) is 0 Å². The molecule has 0 saturated heterocycles. The maximum absolute atomic E-state index is 12.1. The molecular formula is C22H35BrO2. The maximum Gasteiger partial charge on any atom is 0.202 e. The van der Waals surface area contributed by atoms with Gasteiger partial charge in [0.15, 0.2) is 5.01 Å². The first-order valence-electron chi connectivity index (χ1n) is 10.1. The highest BCUT2D eigenvalue weighted by Crippen LogP contribution is 2.14. The Hall–Kier alpha value is -0.670. The molecule has 0 bridgehead atoms. The van der Waals surface area contributed by atoms with Crippen molar-refractivity contribution in [1.29, 1.82) is 0 Å². The van der Waals surface area contributed by atoms with Gasteiger partial charge in [0, 0.05) is 12.2 Å². The number of rotatable bonds is 16. The van der Waals surface area contributed by atoms with Gasteiger partial charge >= 0.3 is 0 Å². The second kappa shape index (κ2) is 15.6. The van der Waals surface area contributed by atoms with Crippen molar-refractivity contribution < 1.29 is 9.53 Å². The highest BCUT2D eigenvalue weighted by atomic mass is 79.9. The van der Waals surface area contributed by atoms with E-state index in [1.165, 1.54) is 70.6 Å². The Kier molecular flexibility index (Phi) is 13.9. The van der Waals surface area contributed by atoms with Crippen LogP contribution < -0.4 is 0 Å². The van der Waals surface area contributed by atoms with E-state index in [1.807, 2.05) is 30.3 Å². The minimum atomic E-state index is -0.525. The minimum absolute atomic E-state index is 0.000429. The topological polar surface area (TPSA) is 26.3 Å². The van der Waals surface area contributed by atoms with E-state index in [0.717, 1.165) is 6.42 Å². The highest BCUT2D eigenvalue weighted by molar-refractivity contribution is 9.09. The molecule has 0 N–H and O–H groups in total. The van der Waals surface area contributed by atoms with E-state index < -0.39 is 5.01 Å². The summed E-state index contributed by atoms with van der Waals surface area (Å²) in [5.74, 6) is -0.000429. The maximum atomic E-state index is 12.1. The van der Waals surface area contributed by atoms with Crippen LogP contribution in [0.15, 0.2) is 30.3 Å². The molecule has 0 aliphatic rings. The zero-order valence-electron chi connectivity index (χ0n) is 15.9. The van der Waals surface area contributed by atoms with Crippen LogP contribution in [-0.4, -0.2) is 17.4 Å². The monoisotopic (exact) mass is 410 g/mol. The van der Waals surface area contributed by atoms with Crippen LogP contribution in [0.2, 0.25) is 0 Å². The average Bonchev–Trinajstić information content (AvgIpc) is 2.65. The Morgan fingerprint density at radius 2 is 1.32 bits per heavy atom. The van der Waals surface area contributed by atoms with Crippen LogP contribution in [-0.2, 0) is 4.74 Å². The second-order valence-corrected chi connectivity index (χ2v) is 7.64. The highest BCUT2D eigenvalue weighted by Gasteiger charge is 2.16. The van der Waals surface area contributed by atoms with Crippen LogP contribution in [0, 0.1) is 0 Å². The molecule has 142 valence electrons. The fourth-order valence-corrected chi connectivity index (χ4v) is 3.39. The van der Waals surface area contributed by atoms with Crippen molar-refractivity contribution in [3.05, 3.63) is 35.9 Å². The molecule has 0 radical (unpaired) electrons. The van der Waals surface area contributed by atoms with Crippen LogP contribution in [0.1, 0.15) is 94.3 Å². The average molecular weight is 411 g/mol. The number of hydrogen-bond donors (Lipinski definition) is 0. The van der Waals surface area contributed by atoms with E-state index in [1.54, 1.807) is 0 Å². The molecule has 1 atom stereocenters. The number of carbonyl (C=O) groups is 1. The third kappa shape index (κ3) is 11.5. The van der Waals surface area contributed by atoms with Gasteiger partial charge in [-0.05, 0) is 22.4 Å². The van der Waals surface area contributed by atoms with Gasteiger partial charge in [-0.25, -0.2) is 0 Å². The number of ketones is 1. The van der Waals surface area contributed by atoms with E-state index >= 15 is 0 Å². The summed E-state index contributed by atoms with van der Waals surface area (Å²) in [6, 6.07) is 9.30. The molecule has 2 nitrogen and oxygen atoms in total. The van der Waals surface area contributed by atoms with Crippen LogP contribution >= 0.6 is 15.9 Å². The standard InChI is InChI=1S/C22H35BrO2/c1-2-3-4-5-6-7-8-9-10-11-12-16-19-25-22(23)21(24)20-17-14-13-15-18-20/h13-15,17-18,22H,2-12,16,19H2,1H3. The predicted molar refractivity (Wildman–Crippen MR) is 111 cm³/mol. The zero-order chi connectivity index (χ0) is 18.2. The summed E-state index contributed by atoms with van der Waals surface area (Å²) >= 11 is 3.34. The summed E-state index contributed by atoms with van der Waals surface area (Å²) in [7, 11) is 0. The van der Waals surface area contributed by atoms with Crippen molar-refractivity contribution in [3.8, 4) is 0 Å². The first-order valence-corrected chi connectivity index (χ1v) is 11.0. The summed E-state index contributed by atoms with van der Waals surface area (Å²) in [5.41, 5.74) is 0.694. The quantitative estimate of drug-likeness (QED) is 0.162. The van der Waals surface area contributed by atoms with Gasteiger partial charge in [0.05, 0.1) is 0 Å². The molecule has 0 heterocycles. The molecule has 0 spiro atoms. The van der Waals surface area contributed by atoms with Gasteiger partial charge in [0.1, 0.15) is 0 Å². The van der Waals surface area contributed by atoms with Gasteiger partial charge in [-0.3, -0.25) is 4.79 Å². The second-order valence-electron chi connectivity index (χ2n) is 6.81. The molecule has 0 saturated carbocycles. The first-order chi connectivity index (χ1) is 12.3. The van der Waals surface area contributed by atoms with Gasteiger partial charge in [-0.2, -0.15) is 0 Å². The fourth-order valence-electron chi connectivity index (χ4n) is 2.94. The van der Waals surface area contributed by atoms with Crippen LogP contribution in [0.5, 0.6) is 0 Å². The molecule has 0 aromatic heterocycles. The number of alkyl halides is 1. The van der Waals surface area contributed by atoms with Crippen molar-refractivity contribution >= 4 is 21.7 Å². The van der Waals surface area contributed by atoms with E-state index in [0.29, 0.717) is 12.2 Å². The molecule has 25 heavy (non-hydrogen) atoms. The van der Waals surface area contributed by atoms with E-state index in [4.69, 9.17) is 4.74 Å². The number of unbranched alkanes of at least 4 members (excludes halogenated alkanes) is 11. The van der Waals surface area contributed by atoms with Gasteiger partial charge in [0.25, 0.3) is 0 Å². The summed E-state index contributed by atoms with van der Waals surface area (Å²) in [6.07, 6.45) is 16.0. The van der Waals surface area contributed by atoms with Crippen molar-refractivity contribution in [2.45, 2.75) is 89.0 Å². The Balaban J connectivity index is 1.89. The molecule has 0 fully saturated rings. The van der Waals surface area contributed by atoms with E-state index in [9.17, 15) is 4.79 Å². The SMILES string of the molecule is CCCCCCCCCCCCCCOC(Br)C(=O)c1ccccc1. The van der Waals surface area contributed by atoms with Gasteiger partial charge < -0.3 is 4.74 Å². The van der Waals surface area contributed by atoms with Crippen LogP contribution in [0.4, 0.5) is 0 Å². The van der Waals surface area contributed by atoms with E-state index in [-0.39, 0.29) is 5.78 Å². The molecule has 1 rings (SSSR count). The lowest BCUT2D eigenvalue weighted by Crippen LogP contribution is -2.18. The Labute approximate surface area is 162 Å². The van der Waals surface area contributed by atoms with Crippen LogP contribution in [0.3, 0.4) is 0 Å². The minimum Gasteiger partial charge on any atom is -0.359 e. The smallest absolute Gasteiger partial charge is 0.202 e. The summed E-state index contributed by atoms with van der Waals surface area (Å²) in [5, 5.41) is -0.525. The number of ether oxygens (including phenoxy) is 1. The number of hydrogen-bond acceptors (Lipinski definition) is 2. The Morgan fingerprint density at radius 1 is 0.840 bits per heavy atom. The van der Waals surface area contributed by atoms with Gasteiger partial charge in [-0.1, -0.05) is 108 Å². The lowest BCUT2D eigenvalue weighted by molar-refractivity contribution is 0.0685. The lowest BCUT2D eigenvalue weighted by atomic mass is 10.1. The molecule has 0 aliphatic carbocycles. The first kappa shape index (κ1) is 22.4. The summed E-state index contributed by atoms with van der Waals surface area (Å²) in [6.45, 7) is 2.91. The molecular weight excluding hydrogens is 376 g/mol. The van der Waals surface area contributed by atoms with Gasteiger partial charge in [-0.15, -0.1) is 0 Å². The predicted octanol–water partition coefficient (Wildman–Crippen LogP) is 7.31. The summed E-state index contributed by atoms with van der Waals surface area (Å²) < 4.78 is 5.62. The summed E-state index contributed by atoms with van der Waals surface area (Å²) in [4.78, 5) is 12.1. The number of halogens is 1. The van der Waals surface area contributed by atoms with Crippen molar-refractivity contribution in [2.75, 3.05) is 6.61 Å². The van der Waals surface area contributed by atoms with E-state index in [2.05, 4.69) is 22.9 Å². The Morgan fingerprint density at radius 3 is 1.84 bits per heavy atom. The number of Topliss-reactive ketones (excluding diaryl/α,β-unsaturated/α-hetero) is 1. The largest absolute Gasteiger partial charge is 0.359 e. The number of benzene rings is 1. The lowest BCUT2D eigenvalue weighted by Gasteiger charge is -2.10. The third-order valence-corrected chi connectivity index (χ3v) is 5.21. The van der Waals surface area contributed by atoms with Crippen molar-refractivity contribution in [2.24, 2.45) is 0 Å².